The molecule has 0 aliphatic heterocycles. The molecule has 0 saturated heterocycles. The summed E-state index contributed by atoms with van der Waals surface area (Å²) >= 11 is 1.27. The van der Waals surface area contributed by atoms with Gasteiger partial charge in [0.05, 0.1) is 9.82 Å². The smallest absolute Gasteiger partial charge is 0.283 e. The van der Waals surface area contributed by atoms with E-state index in [9.17, 15) is 14.5 Å². The zero-order chi connectivity index (χ0) is 14.5. The van der Waals surface area contributed by atoms with Crippen molar-refractivity contribution in [2.45, 2.75) is 16.3 Å². The van der Waals surface area contributed by atoms with Crippen molar-refractivity contribution in [1.29, 1.82) is 0 Å². The van der Waals surface area contributed by atoms with Crippen LogP contribution in [-0.2, 0) is 6.54 Å². The fraction of sp³-hybridized carbons (Fsp3) is 0.143. The number of nitro benzene ring substituents is 1. The van der Waals surface area contributed by atoms with Crippen LogP contribution in [0.4, 0.5) is 10.1 Å². The zero-order valence-corrected chi connectivity index (χ0v) is 11.6. The monoisotopic (exact) mass is 292 g/mol. The molecule has 2 aromatic rings. The molecule has 0 aromatic heterocycles. The molecule has 4 nitrogen and oxygen atoms in total. The summed E-state index contributed by atoms with van der Waals surface area (Å²) in [7, 11) is 1.77. The second-order valence-electron chi connectivity index (χ2n) is 4.11. The first-order chi connectivity index (χ1) is 9.61. The van der Waals surface area contributed by atoms with Gasteiger partial charge in [0.1, 0.15) is 5.82 Å². The van der Waals surface area contributed by atoms with E-state index in [1.807, 2.05) is 0 Å². The fourth-order valence-electron chi connectivity index (χ4n) is 1.79. The van der Waals surface area contributed by atoms with Gasteiger partial charge in [0.15, 0.2) is 0 Å². The van der Waals surface area contributed by atoms with Gasteiger partial charge in [0, 0.05) is 17.5 Å². The standard InChI is InChI=1S/C14H13FN2O2S/c1-16-9-10-8-11(15)6-7-13(10)20-14-5-3-2-4-12(14)17(18)19/h2-8,16H,9H2,1H3. The van der Waals surface area contributed by atoms with Gasteiger partial charge in [-0.2, -0.15) is 0 Å². The van der Waals surface area contributed by atoms with E-state index in [1.54, 1.807) is 31.3 Å². The van der Waals surface area contributed by atoms with Gasteiger partial charge >= 0.3 is 0 Å². The molecule has 0 amide bonds. The minimum absolute atomic E-state index is 0.0530. The first-order valence-corrected chi connectivity index (χ1v) is 6.77. The minimum Gasteiger partial charge on any atom is -0.316 e. The van der Waals surface area contributed by atoms with Gasteiger partial charge in [-0.05, 0) is 36.9 Å². The van der Waals surface area contributed by atoms with Crippen LogP contribution in [0.1, 0.15) is 5.56 Å². The molecular formula is C14H13FN2O2S. The maximum Gasteiger partial charge on any atom is 0.283 e. The Morgan fingerprint density at radius 1 is 1.25 bits per heavy atom. The van der Waals surface area contributed by atoms with E-state index in [1.165, 1.54) is 30.0 Å². The summed E-state index contributed by atoms with van der Waals surface area (Å²) in [5.41, 5.74) is 0.827. The highest BCUT2D eigenvalue weighted by Crippen LogP contribution is 2.36. The van der Waals surface area contributed by atoms with Crippen molar-refractivity contribution in [3.63, 3.8) is 0 Å². The highest BCUT2D eigenvalue weighted by Gasteiger charge is 2.15. The molecule has 0 atom stereocenters. The van der Waals surface area contributed by atoms with Crippen LogP contribution in [0.5, 0.6) is 0 Å². The Morgan fingerprint density at radius 2 is 2.00 bits per heavy atom. The van der Waals surface area contributed by atoms with Crippen molar-refractivity contribution in [3.05, 3.63) is 64.0 Å². The number of hydrogen-bond acceptors (Lipinski definition) is 4. The fourth-order valence-corrected chi connectivity index (χ4v) is 2.82. The largest absolute Gasteiger partial charge is 0.316 e. The number of nitro groups is 1. The number of rotatable bonds is 5. The van der Waals surface area contributed by atoms with Crippen molar-refractivity contribution < 1.29 is 9.31 Å². The number of benzene rings is 2. The molecule has 0 heterocycles. The molecule has 104 valence electrons. The Bertz CT molecular complexity index is 634. The van der Waals surface area contributed by atoms with E-state index in [0.717, 1.165) is 10.5 Å². The van der Waals surface area contributed by atoms with Crippen LogP contribution >= 0.6 is 11.8 Å². The Hall–Kier alpha value is -1.92. The maximum atomic E-state index is 13.3. The average molecular weight is 292 g/mol. The number of halogens is 1. The van der Waals surface area contributed by atoms with Crippen molar-refractivity contribution in [2.75, 3.05) is 7.05 Å². The molecule has 20 heavy (non-hydrogen) atoms. The lowest BCUT2D eigenvalue weighted by Gasteiger charge is -2.09. The van der Waals surface area contributed by atoms with Crippen LogP contribution in [0.3, 0.4) is 0 Å². The van der Waals surface area contributed by atoms with E-state index in [0.29, 0.717) is 11.4 Å². The minimum atomic E-state index is -0.413. The third-order valence-corrected chi connectivity index (χ3v) is 3.85. The normalized spacial score (nSPS) is 10.5. The lowest BCUT2D eigenvalue weighted by atomic mass is 10.2. The molecule has 0 fully saturated rings. The first kappa shape index (κ1) is 14.5. The molecule has 2 aromatic carbocycles. The molecule has 0 aliphatic rings. The van der Waals surface area contributed by atoms with Crippen molar-refractivity contribution >= 4 is 17.4 Å². The van der Waals surface area contributed by atoms with Crippen LogP contribution in [0, 0.1) is 15.9 Å². The predicted octanol–water partition coefficient (Wildman–Crippen LogP) is 3.60. The zero-order valence-electron chi connectivity index (χ0n) is 10.8. The molecule has 0 saturated carbocycles. The lowest BCUT2D eigenvalue weighted by molar-refractivity contribution is -0.387. The summed E-state index contributed by atoms with van der Waals surface area (Å²) in [4.78, 5) is 11.9. The first-order valence-electron chi connectivity index (χ1n) is 5.96. The Kier molecular flexibility index (Phi) is 4.70. The molecule has 2 rings (SSSR count). The molecular weight excluding hydrogens is 279 g/mol. The highest BCUT2D eigenvalue weighted by atomic mass is 32.2. The van der Waals surface area contributed by atoms with E-state index in [4.69, 9.17) is 0 Å². The van der Waals surface area contributed by atoms with Crippen molar-refractivity contribution in [2.24, 2.45) is 0 Å². The molecule has 6 heteroatoms. The highest BCUT2D eigenvalue weighted by molar-refractivity contribution is 7.99. The van der Waals surface area contributed by atoms with Gasteiger partial charge in [-0.3, -0.25) is 10.1 Å². The molecule has 0 bridgehead atoms. The third kappa shape index (κ3) is 3.34. The predicted molar refractivity (Wildman–Crippen MR) is 76.4 cm³/mol. The Balaban J connectivity index is 2.37. The summed E-state index contributed by atoms with van der Waals surface area (Å²) in [6.45, 7) is 0.501. The molecule has 0 unspecified atom stereocenters. The van der Waals surface area contributed by atoms with Gasteiger partial charge in [-0.15, -0.1) is 0 Å². The van der Waals surface area contributed by atoms with Crippen LogP contribution in [0.2, 0.25) is 0 Å². The second kappa shape index (κ2) is 6.49. The molecule has 0 radical (unpaired) electrons. The Morgan fingerprint density at radius 3 is 2.70 bits per heavy atom. The van der Waals surface area contributed by atoms with E-state index < -0.39 is 4.92 Å². The maximum absolute atomic E-state index is 13.3. The van der Waals surface area contributed by atoms with Gasteiger partial charge in [-0.25, -0.2) is 4.39 Å². The third-order valence-electron chi connectivity index (χ3n) is 2.67. The van der Waals surface area contributed by atoms with Crippen molar-refractivity contribution in [3.8, 4) is 0 Å². The second-order valence-corrected chi connectivity index (χ2v) is 5.19. The van der Waals surface area contributed by atoms with Crippen molar-refractivity contribution in [1.82, 2.24) is 5.32 Å². The summed E-state index contributed by atoms with van der Waals surface area (Å²) in [5, 5.41) is 14.0. The molecule has 1 N–H and O–H groups in total. The van der Waals surface area contributed by atoms with Crippen LogP contribution in [0.25, 0.3) is 0 Å². The molecule has 0 spiro atoms. The number of nitrogens with zero attached hydrogens (tertiary/aromatic N) is 1. The van der Waals surface area contributed by atoms with Crippen LogP contribution in [0.15, 0.2) is 52.3 Å². The quantitative estimate of drug-likeness (QED) is 0.675. The number of para-hydroxylation sites is 1. The van der Waals surface area contributed by atoms with Crippen LogP contribution in [-0.4, -0.2) is 12.0 Å². The average Bonchev–Trinajstić information content (AvgIpc) is 2.42. The van der Waals surface area contributed by atoms with Gasteiger partial charge in [0.25, 0.3) is 5.69 Å². The topological polar surface area (TPSA) is 55.2 Å². The van der Waals surface area contributed by atoms with Crippen LogP contribution < -0.4 is 5.32 Å². The van der Waals surface area contributed by atoms with Gasteiger partial charge in [-0.1, -0.05) is 23.9 Å². The summed E-state index contributed by atoms with van der Waals surface area (Å²) in [5.74, 6) is -0.317. The van der Waals surface area contributed by atoms with Gasteiger partial charge < -0.3 is 5.32 Å². The van der Waals surface area contributed by atoms with E-state index >= 15 is 0 Å². The summed E-state index contributed by atoms with van der Waals surface area (Å²) in [6, 6.07) is 11.0. The van der Waals surface area contributed by atoms with E-state index in [2.05, 4.69) is 5.32 Å². The SMILES string of the molecule is CNCc1cc(F)ccc1Sc1ccccc1[N+](=O)[O-]. The summed E-state index contributed by atoms with van der Waals surface area (Å²) < 4.78 is 13.3. The number of nitrogens with one attached hydrogen (secondary N) is 1. The lowest BCUT2D eigenvalue weighted by Crippen LogP contribution is -2.06. The summed E-state index contributed by atoms with van der Waals surface area (Å²) in [6.07, 6.45) is 0. The molecule has 0 aliphatic carbocycles. The number of hydrogen-bond donors (Lipinski definition) is 1. The van der Waals surface area contributed by atoms with Gasteiger partial charge in [0.2, 0.25) is 0 Å². The van der Waals surface area contributed by atoms with E-state index in [-0.39, 0.29) is 11.5 Å². The Labute approximate surface area is 120 Å².